The first-order valence-electron chi connectivity index (χ1n) is 8.30. The molecule has 1 aliphatic carbocycles. The molecule has 0 bridgehead atoms. The monoisotopic (exact) mass is 425 g/mol. The van der Waals surface area contributed by atoms with E-state index in [4.69, 9.17) is 14.7 Å². The molecule has 0 spiro atoms. The maximum absolute atomic E-state index is 14.6. The number of rotatable bonds is 5. The number of nitriles is 1. The van der Waals surface area contributed by atoms with Crippen LogP contribution in [0.15, 0.2) is 30.3 Å². The second-order valence-corrected chi connectivity index (χ2v) is 7.40. The predicted octanol–water partition coefficient (Wildman–Crippen LogP) is 3.40. The second-order valence-electron chi connectivity index (χ2n) is 6.42. The van der Waals surface area contributed by atoms with Gasteiger partial charge in [-0.2, -0.15) is 5.26 Å². The Morgan fingerprint density at radius 1 is 1.31 bits per heavy atom. The average molecular weight is 425 g/mol. The van der Waals surface area contributed by atoms with Gasteiger partial charge in [-0.25, -0.2) is 21.6 Å². The van der Waals surface area contributed by atoms with Crippen molar-refractivity contribution in [3.8, 4) is 17.6 Å². The molecule has 0 saturated heterocycles. The maximum Gasteiger partial charge on any atom is 0.303 e. The number of thiol groups is 1. The van der Waals surface area contributed by atoms with Gasteiger partial charge >= 0.3 is 5.97 Å². The lowest BCUT2D eigenvalue weighted by atomic mass is 10.0. The molecule has 0 radical (unpaired) electrons. The Labute approximate surface area is 165 Å². The zero-order valence-corrected chi connectivity index (χ0v) is 15.8. The highest BCUT2D eigenvalue weighted by Gasteiger charge is 2.52. The molecule has 0 aliphatic heterocycles. The Balaban J connectivity index is 2.12. The van der Waals surface area contributed by atoms with Gasteiger partial charge in [0.2, 0.25) is 0 Å². The van der Waals surface area contributed by atoms with E-state index in [0.29, 0.717) is 0 Å². The first kappa shape index (κ1) is 20.7. The van der Waals surface area contributed by atoms with Crippen LogP contribution in [0.4, 0.5) is 13.2 Å². The summed E-state index contributed by atoms with van der Waals surface area (Å²) in [5.74, 6) is -5.88. The van der Waals surface area contributed by atoms with Crippen molar-refractivity contribution in [3.63, 3.8) is 0 Å². The average Bonchev–Trinajstić information content (AvgIpc) is 2.87. The van der Waals surface area contributed by atoms with E-state index in [-0.39, 0.29) is 33.8 Å². The lowest BCUT2D eigenvalue weighted by Gasteiger charge is -2.21. The molecule has 29 heavy (non-hydrogen) atoms. The predicted molar refractivity (Wildman–Crippen MR) is 94.8 cm³/mol. The standard InChI is InChI=1S/C19H14F3NO5S/c1-10(24)27-18-17-12(9-29(25)26)2-3-16(15(17)7-19(18,21)22)28-14-5-11(8-23)4-13(20)6-14/h2-6,18,29H,7,9H2,1H3/t18-/m0/s1. The third-order valence-electron chi connectivity index (χ3n) is 4.27. The number of alkyl halides is 2. The molecule has 0 heterocycles. The lowest BCUT2D eigenvalue weighted by Crippen LogP contribution is -2.26. The van der Waals surface area contributed by atoms with Crippen molar-refractivity contribution in [1.82, 2.24) is 0 Å². The quantitative estimate of drug-likeness (QED) is 0.583. The van der Waals surface area contributed by atoms with Crippen LogP contribution in [0.5, 0.6) is 11.5 Å². The minimum atomic E-state index is -3.49. The molecule has 0 saturated carbocycles. The lowest BCUT2D eigenvalue weighted by molar-refractivity contribution is -0.168. The van der Waals surface area contributed by atoms with Gasteiger partial charge in [-0.15, -0.1) is 0 Å². The smallest absolute Gasteiger partial charge is 0.303 e. The van der Waals surface area contributed by atoms with Gasteiger partial charge in [-0.05, 0) is 23.8 Å². The van der Waals surface area contributed by atoms with Crippen molar-refractivity contribution in [2.75, 3.05) is 0 Å². The topological polar surface area (TPSA) is 93.5 Å². The van der Waals surface area contributed by atoms with Crippen LogP contribution >= 0.6 is 0 Å². The fourth-order valence-corrected chi connectivity index (χ4v) is 3.79. The normalized spacial score (nSPS) is 16.9. The first-order chi connectivity index (χ1) is 13.6. The molecule has 152 valence electrons. The minimum absolute atomic E-state index is 0.0280. The van der Waals surface area contributed by atoms with E-state index in [9.17, 15) is 26.4 Å². The SMILES string of the molecule is CC(=O)O[C@H]1c2c(C[SH](=O)=O)ccc(Oc3cc(F)cc(C#N)c3)c2CC1(F)F. The van der Waals surface area contributed by atoms with Crippen LogP contribution in [0.2, 0.25) is 0 Å². The van der Waals surface area contributed by atoms with E-state index in [0.717, 1.165) is 19.1 Å². The molecule has 0 amide bonds. The van der Waals surface area contributed by atoms with Gasteiger partial charge in [-0.1, -0.05) is 6.07 Å². The number of hydrogen-bond acceptors (Lipinski definition) is 6. The summed E-state index contributed by atoms with van der Waals surface area (Å²) in [5.41, 5.74) is -0.152. The van der Waals surface area contributed by atoms with Crippen LogP contribution < -0.4 is 4.74 Å². The molecule has 0 N–H and O–H groups in total. The van der Waals surface area contributed by atoms with Crippen LogP contribution in [-0.4, -0.2) is 20.3 Å². The summed E-state index contributed by atoms with van der Waals surface area (Å²) in [6.45, 7) is 0.971. The molecule has 3 rings (SSSR count). The van der Waals surface area contributed by atoms with Gasteiger partial charge < -0.3 is 9.47 Å². The number of nitrogens with zero attached hydrogens (tertiary/aromatic N) is 1. The Kier molecular flexibility index (Phi) is 5.53. The third-order valence-corrected chi connectivity index (χ3v) is 4.87. The number of carbonyl (C=O) groups excluding carboxylic acids is 1. The zero-order valence-electron chi connectivity index (χ0n) is 14.9. The highest BCUT2D eigenvalue weighted by molar-refractivity contribution is 7.71. The van der Waals surface area contributed by atoms with Crippen molar-refractivity contribution >= 4 is 16.7 Å². The second kappa shape index (κ2) is 7.75. The molecule has 0 unspecified atom stereocenters. The summed E-state index contributed by atoms with van der Waals surface area (Å²) in [6, 6.07) is 7.51. The van der Waals surface area contributed by atoms with Gasteiger partial charge in [0, 0.05) is 30.5 Å². The number of hydrogen-bond donors (Lipinski definition) is 1. The molecule has 0 fully saturated rings. The third kappa shape index (κ3) is 4.35. The van der Waals surface area contributed by atoms with Crippen molar-refractivity contribution in [1.29, 1.82) is 5.26 Å². The van der Waals surface area contributed by atoms with Crippen LogP contribution in [0, 0.1) is 17.1 Å². The summed E-state index contributed by atoms with van der Waals surface area (Å²) < 4.78 is 75.5. The van der Waals surface area contributed by atoms with Gasteiger partial charge in [0.05, 0.1) is 17.4 Å². The Bertz CT molecular complexity index is 1100. The molecule has 2 aromatic rings. The summed E-state index contributed by atoms with van der Waals surface area (Å²) in [6.07, 6.45) is -2.83. The molecule has 0 aromatic heterocycles. The summed E-state index contributed by atoms with van der Waals surface area (Å²) in [7, 11) is -2.93. The molecule has 1 aliphatic rings. The first-order valence-corrected chi connectivity index (χ1v) is 9.67. The van der Waals surface area contributed by atoms with Crippen LogP contribution in [0.3, 0.4) is 0 Å². The molecule has 2 aromatic carbocycles. The van der Waals surface area contributed by atoms with Crippen molar-refractivity contribution in [3.05, 3.63) is 58.4 Å². The van der Waals surface area contributed by atoms with E-state index in [1.165, 1.54) is 18.2 Å². The summed E-state index contributed by atoms with van der Waals surface area (Å²) in [4.78, 5) is 11.3. The largest absolute Gasteiger partial charge is 0.457 e. The van der Waals surface area contributed by atoms with Gasteiger partial charge in [0.1, 0.15) is 28.0 Å². The van der Waals surface area contributed by atoms with Crippen LogP contribution in [0.25, 0.3) is 0 Å². The van der Waals surface area contributed by atoms with Gasteiger partial charge in [0.15, 0.2) is 6.10 Å². The van der Waals surface area contributed by atoms with E-state index >= 15 is 0 Å². The van der Waals surface area contributed by atoms with E-state index in [1.807, 2.05) is 0 Å². The number of fused-ring (bicyclic) bond motifs is 1. The molecule has 6 nitrogen and oxygen atoms in total. The molecule has 1 atom stereocenters. The number of carbonyl (C=O) groups is 1. The van der Waals surface area contributed by atoms with Crippen molar-refractivity contribution < 1.29 is 35.9 Å². The highest BCUT2D eigenvalue weighted by atomic mass is 32.2. The Morgan fingerprint density at radius 3 is 2.66 bits per heavy atom. The number of benzene rings is 2. The Hall–Kier alpha value is -3.06. The fourth-order valence-electron chi connectivity index (χ4n) is 3.24. The summed E-state index contributed by atoms with van der Waals surface area (Å²) in [5, 5.41) is 8.94. The van der Waals surface area contributed by atoms with E-state index in [1.54, 1.807) is 6.07 Å². The van der Waals surface area contributed by atoms with E-state index in [2.05, 4.69) is 0 Å². The minimum Gasteiger partial charge on any atom is -0.457 e. The number of halogens is 3. The Morgan fingerprint density at radius 2 is 2.03 bits per heavy atom. The molecular formula is C19H14F3NO5S. The number of ether oxygens (including phenoxy) is 2. The van der Waals surface area contributed by atoms with E-state index < -0.39 is 46.7 Å². The van der Waals surface area contributed by atoms with Gasteiger partial charge in [0.25, 0.3) is 5.92 Å². The van der Waals surface area contributed by atoms with Crippen LogP contribution in [0.1, 0.15) is 35.3 Å². The fraction of sp³-hybridized carbons (Fsp3) is 0.263. The summed E-state index contributed by atoms with van der Waals surface area (Å²) >= 11 is 0. The zero-order chi connectivity index (χ0) is 21.3. The van der Waals surface area contributed by atoms with Crippen molar-refractivity contribution in [2.45, 2.75) is 31.1 Å². The number of esters is 1. The van der Waals surface area contributed by atoms with Crippen LogP contribution in [-0.2, 0) is 32.4 Å². The maximum atomic E-state index is 14.6. The molecular weight excluding hydrogens is 411 g/mol. The molecule has 10 heteroatoms. The van der Waals surface area contributed by atoms with Crippen molar-refractivity contribution in [2.24, 2.45) is 0 Å². The van der Waals surface area contributed by atoms with Gasteiger partial charge in [-0.3, -0.25) is 4.79 Å². The highest BCUT2D eigenvalue weighted by Crippen LogP contribution is 2.50.